The Labute approximate surface area is 135 Å². The van der Waals surface area contributed by atoms with Crippen LogP contribution >= 0.6 is 0 Å². The van der Waals surface area contributed by atoms with E-state index in [-0.39, 0.29) is 0 Å². The first kappa shape index (κ1) is 15.3. The van der Waals surface area contributed by atoms with Gasteiger partial charge in [-0.1, -0.05) is 38.1 Å². The van der Waals surface area contributed by atoms with Gasteiger partial charge in [0.25, 0.3) is 0 Å². The van der Waals surface area contributed by atoms with Crippen molar-refractivity contribution >= 4 is 17.1 Å². The van der Waals surface area contributed by atoms with Crippen LogP contribution in [0.1, 0.15) is 29.8 Å². The van der Waals surface area contributed by atoms with Crippen molar-refractivity contribution in [3.63, 3.8) is 0 Å². The van der Waals surface area contributed by atoms with E-state index in [2.05, 4.69) is 24.9 Å². The maximum Gasteiger partial charge on any atom is 0.338 e. The zero-order chi connectivity index (χ0) is 16.4. The number of carbonyl (C=O) groups is 1. The number of carbonyl (C=O) groups excluding carboxylic acids is 1. The van der Waals surface area contributed by atoms with Gasteiger partial charge >= 0.3 is 5.97 Å². The zero-order valence-corrected chi connectivity index (χ0v) is 13.5. The number of fused-ring (bicyclic) bond motifs is 1. The summed E-state index contributed by atoms with van der Waals surface area (Å²) in [4.78, 5) is 16.5. The largest absolute Gasteiger partial charge is 0.465 e. The van der Waals surface area contributed by atoms with Crippen LogP contribution in [-0.4, -0.2) is 18.1 Å². The van der Waals surface area contributed by atoms with Gasteiger partial charge in [0.1, 0.15) is 5.52 Å². The summed E-state index contributed by atoms with van der Waals surface area (Å²) >= 11 is 0. The summed E-state index contributed by atoms with van der Waals surface area (Å²) in [5.41, 5.74) is 3.82. The van der Waals surface area contributed by atoms with E-state index in [1.165, 1.54) is 7.11 Å². The highest BCUT2D eigenvalue weighted by Crippen LogP contribution is 2.30. The van der Waals surface area contributed by atoms with Crippen LogP contribution in [0.4, 0.5) is 0 Å². The summed E-state index contributed by atoms with van der Waals surface area (Å²) in [6.45, 7) is 4.34. The Morgan fingerprint density at radius 3 is 2.70 bits per heavy atom. The van der Waals surface area contributed by atoms with Crippen molar-refractivity contribution in [2.45, 2.75) is 20.3 Å². The third-order valence-electron chi connectivity index (χ3n) is 3.69. The number of oxazole rings is 1. The topological polar surface area (TPSA) is 52.3 Å². The van der Waals surface area contributed by atoms with E-state index in [4.69, 9.17) is 9.15 Å². The molecule has 2 aromatic carbocycles. The van der Waals surface area contributed by atoms with Gasteiger partial charge < -0.3 is 9.15 Å². The minimum atomic E-state index is -0.398. The normalized spacial score (nSPS) is 11.1. The van der Waals surface area contributed by atoms with Crippen LogP contribution < -0.4 is 0 Å². The number of nitrogens with zero attached hydrogens (tertiary/aromatic N) is 1. The van der Waals surface area contributed by atoms with Crippen molar-refractivity contribution in [1.29, 1.82) is 0 Å². The number of ether oxygens (including phenoxy) is 1. The lowest BCUT2D eigenvalue weighted by molar-refractivity contribution is 0.0601. The average Bonchev–Trinajstić information content (AvgIpc) is 2.99. The van der Waals surface area contributed by atoms with E-state index in [0.29, 0.717) is 22.9 Å². The molecule has 0 radical (unpaired) electrons. The monoisotopic (exact) mass is 309 g/mol. The van der Waals surface area contributed by atoms with Gasteiger partial charge in [-0.2, -0.15) is 0 Å². The molecular weight excluding hydrogens is 290 g/mol. The molecule has 0 fully saturated rings. The third-order valence-corrected chi connectivity index (χ3v) is 3.69. The van der Waals surface area contributed by atoms with Crippen LogP contribution in [0, 0.1) is 5.92 Å². The van der Waals surface area contributed by atoms with Gasteiger partial charge in [0.05, 0.1) is 18.2 Å². The number of hydrogen-bond donors (Lipinski definition) is 0. The summed E-state index contributed by atoms with van der Waals surface area (Å²) < 4.78 is 10.8. The number of hydrogen-bond acceptors (Lipinski definition) is 4. The van der Waals surface area contributed by atoms with Crippen LogP contribution in [0.2, 0.25) is 0 Å². The molecule has 0 saturated heterocycles. The molecule has 3 rings (SSSR count). The second kappa shape index (κ2) is 6.24. The predicted octanol–water partition coefficient (Wildman–Crippen LogP) is 4.48. The van der Waals surface area contributed by atoms with Crippen LogP contribution in [-0.2, 0) is 11.2 Å². The van der Waals surface area contributed by atoms with Crippen LogP contribution in [0.25, 0.3) is 22.6 Å². The lowest BCUT2D eigenvalue weighted by atomic mass is 10.0. The van der Waals surface area contributed by atoms with E-state index in [9.17, 15) is 4.79 Å². The third kappa shape index (κ3) is 2.97. The molecule has 0 saturated carbocycles. The summed E-state index contributed by atoms with van der Waals surface area (Å²) in [5, 5.41) is 0. The Bertz CT molecular complexity index is 849. The van der Waals surface area contributed by atoms with Gasteiger partial charge in [0.15, 0.2) is 5.58 Å². The lowest BCUT2D eigenvalue weighted by Gasteiger charge is -2.05. The molecule has 0 N–H and O–H groups in total. The molecule has 0 aliphatic heterocycles. The van der Waals surface area contributed by atoms with Crippen molar-refractivity contribution in [3.05, 3.63) is 53.6 Å². The van der Waals surface area contributed by atoms with Crippen LogP contribution in [0.15, 0.2) is 46.9 Å². The Morgan fingerprint density at radius 2 is 1.96 bits per heavy atom. The molecule has 1 heterocycles. The molecule has 0 bridgehead atoms. The van der Waals surface area contributed by atoms with Gasteiger partial charge in [0, 0.05) is 0 Å². The van der Waals surface area contributed by atoms with Crippen molar-refractivity contribution in [3.8, 4) is 11.5 Å². The van der Waals surface area contributed by atoms with Crippen molar-refractivity contribution in [2.24, 2.45) is 5.92 Å². The van der Waals surface area contributed by atoms with E-state index in [0.717, 1.165) is 23.1 Å². The molecule has 3 aromatic rings. The fourth-order valence-electron chi connectivity index (χ4n) is 2.68. The standard InChI is InChI=1S/C19H19NO3/c1-12(2)11-13-7-6-10-16-17(13)23-18(20-16)14-8-4-5-9-15(14)19(21)22-3/h4-10,12H,11H2,1-3H3. The van der Waals surface area contributed by atoms with E-state index < -0.39 is 5.97 Å². The number of aromatic nitrogens is 1. The summed E-state index contributed by atoms with van der Waals surface area (Å²) in [6.07, 6.45) is 0.921. The molecule has 0 aliphatic carbocycles. The molecule has 0 unspecified atom stereocenters. The molecule has 0 atom stereocenters. The van der Waals surface area contributed by atoms with E-state index in [1.54, 1.807) is 12.1 Å². The minimum absolute atomic E-state index is 0.398. The molecule has 118 valence electrons. The average molecular weight is 309 g/mol. The highest BCUT2D eigenvalue weighted by atomic mass is 16.5. The Morgan fingerprint density at radius 1 is 1.17 bits per heavy atom. The first-order chi connectivity index (χ1) is 11.1. The molecule has 4 heteroatoms. The summed E-state index contributed by atoms with van der Waals surface area (Å²) in [5.74, 6) is 0.568. The maximum atomic E-state index is 11.9. The number of para-hydroxylation sites is 1. The second-order valence-corrected chi connectivity index (χ2v) is 5.92. The highest BCUT2D eigenvalue weighted by Gasteiger charge is 2.18. The molecule has 0 spiro atoms. The van der Waals surface area contributed by atoms with E-state index >= 15 is 0 Å². The number of rotatable bonds is 4. The number of benzene rings is 2. The minimum Gasteiger partial charge on any atom is -0.465 e. The van der Waals surface area contributed by atoms with Crippen molar-refractivity contribution in [1.82, 2.24) is 4.98 Å². The Kier molecular flexibility index (Phi) is 4.15. The van der Waals surface area contributed by atoms with Crippen molar-refractivity contribution < 1.29 is 13.9 Å². The predicted molar refractivity (Wildman–Crippen MR) is 89.3 cm³/mol. The molecule has 0 aliphatic rings. The maximum absolute atomic E-state index is 11.9. The quantitative estimate of drug-likeness (QED) is 0.667. The van der Waals surface area contributed by atoms with Gasteiger partial charge in [-0.15, -0.1) is 0 Å². The highest BCUT2D eigenvalue weighted by molar-refractivity contribution is 5.96. The number of esters is 1. The zero-order valence-electron chi connectivity index (χ0n) is 13.5. The molecule has 1 aromatic heterocycles. The fourth-order valence-corrected chi connectivity index (χ4v) is 2.68. The molecular formula is C19H19NO3. The van der Waals surface area contributed by atoms with Crippen LogP contribution in [0.5, 0.6) is 0 Å². The Hall–Kier alpha value is -2.62. The summed E-state index contributed by atoms with van der Waals surface area (Å²) in [7, 11) is 1.37. The lowest BCUT2D eigenvalue weighted by Crippen LogP contribution is -2.03. The molecule has 0 amide bonds. The smallest absolute Gasteiger partial charge is 0.338 e. The molecule has 4 nitrogen and oxygen atoms in total. The van der Waals surface area contributed by atoms with Gasteiger partial charge in [0.2, 0.25) is 5.89 Å². The van der Waals surface area contributed by atoms with Crippen LogP contribution in [0.3, 0.4) is 0 Å². The fraction of sp³-hybridized carbons (Fsp3) is 0.263. The van der Waals surface area contributed by atoms with Gasteiger partial charge in [-0.25, -0.2) is 9.78 Å². The molecule has 23 heavy (non-hydrogen) atoms. The first-order valence-electron chi connectivity index (χ1n) is 7.66. The first-order valence-corrected chi connectivity index (χ1v) is 7.66. The SMILES string of the molecule is COC(=O)c1ccccc1-c1nc2cccc(CC(C)C)c2o1. The van der Waals surface area contributed by atoms with Gasteiger partial charge in [-0.3, -0.25) is 0 Å². The van der Waals surface area contributed by atoms with E-state index in [1.807, 2.05) is 24.3 Å². The van der Waals surface area contributed by atoms with Crippen molar-refractivity contribution in [2.75, 3.05) is 7.11 Å². The van der Waals surface area contributed by atoms with Gasteiger partial charge in [-0.05, 0) is 36.1 Å². The summed E-state index contributed by atoms with van der Waals surface area (Å²) in [6, 6.07) is 13.1. The number of methoxy groups -OCH3 is 1. The Balaban J connectivity index is 2.14. The second-order valence-electron chi connectivity index (χ2n) is 5.92.